The molecule has 2 nitrogen and oxygen atoms in total. The van der Waals surface area contributed by atoms with E-state index in [1.165, 1.54) is 0 Å². The zero-order valence-electron chi connectivity index (χ0n) is 6.48. The quantitative estimate of drug-likeness (QED) is 0.343. The Labute approximate surface area is 87.9 Å². The van der Waals surface area contributed by atoms with E-state index in [9.17, 15) is 0 Å². The second-order valence-electron chi connectivity index (χ2n) is 1.92. The van der Waals surface area contributed by atoms with Crippen LogP contribution in [0.15, 0.2) is 0 Å². The largest absolute Gasteiger partial charge is 2.00 e. The monoisotopic (exact) mass is 212 g/mol. The summed E-state index contributed by atoms with van der Waals surface area (Å²) in [4.78, 5) is 0. The minimum absolute atomic E-state index is 0. The van der Waals surface area contributed by atoms with Crippen LogP contribution >= 0.6 is 0 Å². The number of halogens is 1. The summed E-state index contributed by atoms with van der Waals surface area (Å²) in [6.45, 7) is 3.92. The number of hydrogen-bond acceptors (Lipinski definition) is 1. The van der Waals surface area contributed by atoms with Gasteiger partial charge in [0, 0.05) is 7.05 Å². The van der Waals surface area contributed by atoms with Crippen molar-refractivity contribution in [2.45, 2.75) is 13.8 Å². The van der Waals surface area contributed by atoms with Crippen LogP contribution in [0.3, 0.4) is 0 Å². The number of aryl methyl sites for hydroxylation is 3. The number of rotatable bonds is 0. The maximum Gasteiger partial charge on any atom is 2.00 e. The van der Waals surface area contributed by atoms with Gasteiger partial charge < -0.3 is 27.7 Å². The van der Waals surface area contributed by atoms with Crippen LogP contribution in [0.1, 0.15) is 11.4 Å². The summed E-state index contributed by atoms with van der Waals surface area (Å²) in [5.74, 6) is 0. The van der Waals surface area contributed by atoms with E-state index in [-0.39, 0.29) is 40.0 Å². The first-order valence-electron chi connectivity index (χ1n) is 2.59. The normalized spacial score (nSPS) is 7.90. The van der Waals surface area contributed by atoms with Crippen LogP contribution in [-0.4, -0.2) is 32.8 Å². The van der Waals surface area contributed by atoms with Gasteiger partial charge in [0.15, 0.2) is 0 Å². The Balaban J connectivity index is 0. The molecule has 0 saturated heterocycles. The maximum atomic E-state index is 4.07. The molecular weight excluding hydrogens is 204 g/mol. The van der Waals surface area contributed by atoms with Gasteiger partial charge in [0.05, 0.1) is 0 Å². The molecule has 0 atom stereocenters. The summed E-state index contributed by atoms with van der Waals surface area (Å²) in [7, 11) is 1.92. The molecule has 0 radical (unpaired) electrons. The van der Waals surface area contributed by atoms with Crippen LogP contribution in [0.2, 0.25) is 0 Å². The van der Waals surface area contributed by atoms with E-state index in [1.807, 2.05) is 25.6 Å². The zero-order valence-corrected chi connectivity index (χ0v) is 9.48. The molecule has 1 rings (SSSR count). The molecule has 0 bridgehead atoms. The average molecular weight is 213 g/mol. The predicted molar refractivity (Wildman–Crippen MR) is 37.3 cm³/mol. The van der Waals surface area contributed by atoms with Gasteiger partial charge in [0.25, 0.3) is 0 Å². The van der Waals surface area contributed by atoms with Crippen molar-refractivity contribution in [3.63, 3.8) is 0 Å². The minimum Gasteiger partial charge on any atom is -1.00 e. The van der Waals surface area contributed by atoms with Crippen molar-refractivity contribution in [3.05, 3.63) is 17.5 Å². The first-order chi connectivity index (χ1) is 3.70. The van der Waals surface area contributed by atoms with Crippen molar-refractivity contribution in [2.75, 3.05) is 0 Å². The van der Waals surface area contributed by atoms with Crippen molar-refractivity contribution in [3.8, 4) is 0 Å². The smallest absolute Gasteiger partial charge is 1.00 e. The molecule has 0 aliphatic carbocycles. The van der Waals surface area contributed by atoms with Gasteiger partial charge in [-0.2, -0.15) is 0 Å². The molecule has 1 heterocycles. The van der Waals surface area contributed by atoms with Gasteiger partial charge in [-0.05, 0) is 0 Å². The van der Waals surface area contributed by atoms with Gasteiger partial charge in [-0.3, -0.25) is 0 Å². The Kier molecular flexibility index (Phi) is 6.74. The van der Waals surface area contributed by atoms with Gasteiger partial charge in [-0.1, -0.05) is 13.8 Å². The van der Waals surface area contributed by atoms with Crippen molar-refractivity contribution < 1.29 is 17.0 Å². The molecule has 0 unspecified atom stereocenters. The van der Waals surface area contributed by atoms with E-state index in [0.29, 0.717) is 0 Å². The molecule has 0 aliphatic heterocycles. The van der Waals surface area contributed by atoms with E-state index in [4.69, 9.17) is 0 Å². The molecule has 0 fully saturated rings. The standard InChI is InChI=1S/C6H9N2.BrH.Mg/c1-5-4-6(2)8(3)7-5;;/h1-3H3;1H;/q-1;;+2/p-1. The summed E-state index contributed by atoms with van der Waals surface area (Å²) >= 11 is 0. The topological polar surface area (TPSA) is 17.8 Å². The number of aromatic nitrogens is 2. The van der Waals surface area contributed by atoms with Gasteiger partial charge in [0.2, 0.25) is 0 Å². The Bertz CT molecular complexity index is 178. The SMILES string of the molecule is Cc1[c-]c(C)n(C)n1.[Br-].[Mg+2]. The van der Waals surface area contributed by atoms with Crippen LogP contribution < -0.4 is 17.0 Å². The third-order valence-electron chi connectivity index (χ3n) is 1.15. The molecule has 0 aromatic carbocycles. The van der Waals surface area contributed by atoms with Crippen LogP contribution in [0, 0.1) is 19.9 Å². The van der Waals surface area contributed by atoms with Gasteiger partial charge in [-0.25, -0.2) is 5.10 Å². The molecule has 52 valence electrons. The Morgan fingerprint density at radius 2 is 1.90 bits per heavy atom. The average Bonchev–Trinajstić information content (AvgIpc) is 1.85. The van der Waals surface area contributed by atoms with E-state index in [0.717, 1.165) is 11.4 Å². The van der Waals surface area contributed by atoms with E-state index >= 15 is 0 Å². The summed E-state index contributed by atoms with van der Waals surface area (Å²) in [5.41, 5.74) is 2.05. The Morgan fingerprint density at radius 1 is 1.40 bits per heavy atom. The minimum atomic E-state index is 0. The van der Waals surface area contributed by atoms with Gasteiger partial charge in [0.1, 0.15) is 0 Å². The van der Waals surface area contributed by atoms with Crippen molar-refractivity contribution in [1.82, 2.24) is 9.78 Å². The second-order valence-corrected chi connectivity index (χ2v) is 1.92. The van der Waals surface area contributed by atoms with Crippen molar-refractivity contribution in [2.24, 2.45) is 7.05 Å². The number of hydrogen-bond donors (Lipinski definition) is 0. The molecule has 0 amide bonds. The van der Waals surface area contributed by atoms with Crippen molar-refractivity contribution >= 4 is 23.1 Å². The van der Waals surface area contributed by atoms with Gasteiger partial charge in [-0.15, -0.1) is 11.4 Å². The summed E-state index contributed by atoms with van der Waals surface area (Å²) in [6.07, 6.45) is 0. The molecular formula is C6H9BrMgN2. The number of nitrogens with zero attached hydrogens (tertiary/aromatic N) is 2. The van der Waals surface area contributed by atoms with E-state index < -0.39 is 0 Å². The fourth-order valence-corrected chi connectivity index (χ4v) is 0.668. The molecule has 1 aromatic rings. The maximum absolute atomic E-state index is 4.07. The van der Waals surface area contributed by atoms with E-state index in [1.54, 1.807) is 0 Å². The molecule has 0 aliphatic rings. The van der Waals surface area contributed by atoms with Crippen LogP contribution in [0.25, 0.3) is 0 Å². The van der Waals surface area contributed by atoms with Crippen LogP contribution in [0.4, 0.5) is 0 Å². The molecule has 0 N–H and O–H groups in total. The molecule has 0 saturated carbocycles. The predicted octanol–water partition coefficient (Wildman–Crippen LogP) is -2.54. The zero-order chi connectivity index (χ0) is 6.15. The van der Waals surface area contributed by atoms with E-state index in [2.05, 4.69) is 11.2 Å². The summed E-state index contributed by atoms with van der Waals surface area (Å²) in [6, 6.07) is 3.06. The first-order valence-corrected chi connectivity index (χ1v) is 2.59. The first kappa shape index (κ1) is 13.1. The molecule has 10 heavy (non-hydrogen) atoms. The third-order valence-corrected chi connectivity index (χ3v) is 1.15. The molecule has 4 heteroatoms. The summed E-state index contributed by atoms with van der Waals surface area (Å²) < 4.78 is 1.81. The summed E-state index contributed by atoms with van der Waals surface area (Å²) in [5, 5.41) is 4.07. The Morgan fingerprint density at radius 3 is 2.00 bits per heavy atom. The molecule has 0 spiro atoms. The fraction of sp³-hybridized carbons (Fsp3) is 0.500. The Hall–Kier alpha value is 0.456. The van der Waals surface area contributed by atoms with Crippen LogP contribution in [0.5, 0.6) is 0 Å². The van der Waals surface area contributed by atoms with Crippen molar-refractivity contribution in [1.29, 1.82) is 0 Å². The van der Waals surface area contributed by atoms with Gasteiger partial charge >= 0.3 is 23.1 Å². The fourth-order valence-electron chi connectivity index (χ4n) is 0.668. The van der Waals surface area contributed by atoms with Crippen LogP contribution in [-0.2, 0) is 7.05 Å². The second kappa shape index (κ2) is 5.15. The molecule has 1 aromatic heterocycles. The third kappa shape index (κ3) is 3.03.